The van der Waals surface area contributed by atoms with Crippen LogP contribution in [0.2, 0.25) is 0 Å². The topological polar surface area (TPSA) is 113 Å². The molecule has 10 atom stereocenters. The number of carbonyl (C=O) groups is 2. The number of hydrogen-bond acceptors (Lipinski definition) is 7. The lowest BCUT2D eigenvalue weighted by atomic mass is 9.37. The molecule has 1 heterocycles. The van der Waals surface area contributed by atoms with Crippen molar-refractivity contribution < 1.29 is 34.4 Å². The highest BCUT2D eigenvalue weighted by Gasteiger charge is 2.80. The molecule has 5 rings (SSSR count). The van der Waals surface area contributed by atoms with Gasteiger partial charge in [0.1, 0.15) is 6.10 Å². The molecule has 160 valence electrons. The highest BCUT2D eigenvalue weighted by molar-refractivity contribution is 6.04. The SMILES string of the molecule is C=C1C(=O)[C@]23[C@@H](O)C[C@H]4[C@]5(C)CCC[C@]4([C@@H](O)OC5)[C@@H]2[C@@H](OC(C)=O)C[C@H]1[C@@H]3O. The second kappa shape index (κ2) is 5.90. The average Bonchev–Trinajstić information content (AvgIpc) is 2.76. The van der Waals surface area contributed by atoms with E-state index in [4.69, 9.17) is 9.47 Å². The van der Waals surface area contributed by atoms with E-state index in [1.165, 1.54) is 6.92 Å². The Balaban J connectivity index is 1.76. The fraction of sp³-hybridized carbons (Fsp3) is 0.818. The van der Waals surface area contributed by atoms with Gasteiger partial charge in [0.25, 0.3) is 0 Å². The molecule has 4 bridgehead atoms. The van der Waals surface area contributed by atoms with Gasteiger partial charge in [-0.05, 0) is 42.6 Å². The maximum atomic E-state index is 13.5. The molecule has 0 amide bonds. The number of aliphatic hydroxyl groups excluding tert-OH is 3. The molecule has 0 aromatic heterocycles. The molecule has 0 aromatic carbocycles. The number of esters is 1. The molecule has 5 aliphatic rings. The highest BCUT2D eigenvalue weighted by Crippen LogP contribution is 2.73. The fourth-order valence-electron chi connectivity index (χ4n) is 8.21. The molecule has 5 fully saturated rings. The van der Waals surface area contributed by atoms with Crippen molar-refractivity contribution in [3.63, 3.8) is 0 Å². The van der Waals surface area contributed by atoms with Gasteiger partial charge in [-0.2, -0.15) is 0 Å². The normalized spacial score (nSPS) is 55.8. The van der Waals surface area contributed by atoms with Crippen LogP contribution in [0.15, 0.2) is 12.2 Å². The van der Waals surface area contributed by atoms with Crippen molar-refractivity contribution >= 4 is 11.8 Å². The third kappa shape index (κ3) is 2.07. The third-order valence-corrected chi connectivity index (χ3v) is 9.16. The van der Waals surface area contributed by atoms with Crippen LogP contribution >= 0.6 is 0 Å². The van der Waals surface area contributed by atoms with E-state index in [0.717, 1.165) is 12.8 Å². The molecule has 29 heavy (non-hydrogen) atoms. The second-order valence-corrected chi connectivity index (χ2v) is 10.3. The summed E-state index contributed by atoms with van der Waals surface area (Å²) in [6.45, 7) is 7.74. The summed E-state index contributed by atoms with van der Waals surface area (Å²) in [6, 6.07) is 0. The van der Waals surface area contributed by atoms with Crippen LogP contribution in [0.1, 0.15) is 46.0 Å². The smallest absolute Gasteiger partial charge is 0.302 e. The van der Waals surface area contributed by atoms with Gasteiger partial charge >= 0.3 is 5.97 Å². The van der Waals surface area contributed by atoms with Gasteiger partial charge in [0, 0.05) is 24.2 Å². The molecule has 0 radical (unpaired) electrons. The maximum absolute atomic E-state index is 13.5. The second-order valence-electron chi connectivity index (χ2n) is 10.3. The lowest BCUT2D eigenvalue weighted by molar-refractivity contribution is -0.357. The van der Waals surface area contributed by atoms with Crippen molar-refractivity contribution in [3.8, 4) is 0 Å². The summed E-state index contributed by atoms with van der Waals surface area (Å²) in [5.41, 5.74) is -2.34. The monoisotopic (exact) mass is 406 g/mol. The zero-order valence-electron chi connectivity index (χ0n) is 17.0. The van der Waals surface area contributed by atoms with Crippen LogP contribution in [-0.4, -0.2) is 58.3 Å². The Kier molecular flexibility index (Phi) is 4.00. The summed E-state index contributed by atoms with van der Waals surface area (Å²) in [5.74, 6) is -2.19. The zero-order chi connectivity index (χ0) is 20.9. The number of Topliss-reactive ketones (excluding diaryl/α,β-unsaturated/α-hetero) is 1. The molecular formula is C22H30O7. The molecular weight excluding hydrogens is 376 g/mol. The zero-order valence-corrected chi connectivity index (χ0v) is 17.0. The molecule has 7 nitrogen and oxygen atoms in total. The van der Waals surface area contributed by atoms with E-state index in [0.29, 0.717) is 19.4 Å². The lowest BCUT2D eigenvalue weighted by Crippen LogP contribution is -2.75. The van der Waals surface area contributed by atoms with Gasteiger partial charge in [0.05, 0.1) is 24.2 Å². The molecule has 1 aliphatic heterocycles. The minimum Gasteiger partial charge on any atom is -0.462 e. The Bertz CT molecular complexity index is 794. The van der Waals surface area contributed by atoms with Crippen molar-refractivity contribution in [1.82, 2.24) is 0 Å². The van der Waals surface area contributed by atoms with Crippen molar-refractivity contribution in [2.24, 2.45) is 34.0 Å². The molecule has 4 saturated carbocycles. The quantitative estimate of drug-likeness (QED) is 0.439. The summed E-state index contributed by atoms with van der Waals surface area (Å²) in [5, 5.41) is 33.9. The van der Waals surface area contributed by atoms with Crippen molar-refractivity contribution in [2.75, 3.05) is 6.61 Å². The number of fused-ring (bicyclic) bond motifs is 1. The van der Waals surface area contributed by atoms with Crippen LogP contribution in [0.25, 0.3) is 0 Å². The van der Waals surface area contributed by atoms with E-state index in [2.05, 4.69) is 13.5 Å². The Hall–Kier alpha value is -1.28. The Morgan fingerprint density at radius 1 is 1.24 bits per heavy atom. The first-order valence-corrected chi connectivity index (χ1v) is 10.7. The lowest BCUT2D eigenvalue weighted by Gasteiger charge is -2.70. The largest absolute Gasteiger partial charge is 0.462 e. The molecule has 7 heteroatoms. The fourth-order valence-corrected chi connectivity index (χ4v) is 8.21. The summed E-state index contributed by atoms with van der Waals surface area (Å²) >= 11 is 0. The minimum atomic E-state index is -1.52. The van der Waals surface area contributed by atoms with E-state index in [9.17, 15) is 24.9 Å². The Morgan fingerprint density at radius 2 is 1.97 bits per heavy atom. The number of hydrogen-bond donors (Lipinski definition) is 3. The van der Waals surface area contributed by atoms with Gasteiger partial charge in [0.15, 0.2) is 12.1 Å². The molecule has 0 aromatic rings. The van der Waals surface area contributed by atoms with Gasteiger partial charge in [-0.1, -0.05) is 19.9 Å². The van der Waals surface area contributed by atoms with E-state index in [1.807, 2.05) is 0 Å². The summed E-state index contributed by atoms with van der Waals surface area (Å²) in [7, 11) is 0. The Labute approximate surface area is 170 Å². The standard InChI is InChI=1S/C22H30O7/c1-10-12-7-13(29-11(2)23)16-21-6-4-5-20(3,9-28-19(21)27)14(21)8-15(24)22(16,17(10)25)18(12)26/h12-16,18-19,24,26-27H,1,4-9H2,2-3H3/t12-,13+,14+,15+,16+,18+,19+,20-,21-,22+/m1/s1. The van der Waals surface area contributed by atoms with Gasteiger partial charge in [-0.15, -0.1) is 0 Å². The minimum absolute atomic E-state index is 0.0957. The number of ether oxygens (including phenoxy) is 2. The first kappa shape index (κ1) is 19.7. The van der Waals surface area contributed by atoms with E-state index >= 15 is 0 Å². The highest BCUT2D eigenvalue weighted by atomic mass is 16.6. The van der Waals surface area contributed by atoms with E-state index < -0.39 is 53.2 Å². The van der Waals surface area contributed by atoms with E-state index in [-0.39, 0.29) is 29.1 Å². The Morgan fingerprint density at radius 3 is 2.66 bits per heavy atom. The molecule has 1 saturated heterocycles. The van der Waals surface area contributed by atoms with Gasteiger partial charge in [0.2, 0.25) is 0 Å². The van der Waals surface area contributed by atoms with Crippen LogP contribution in [0.5, 0.6) is 0 Å². The van der Waals surface area contributed by atoms with Gasteiger partial charge < -0.3 is 24.8 Å². The van der Waals surface area contributed by atoms with Crippen molar-refractivity contribution in [3.05, 3.63) is 12.2 Å². The van der Waals surface area contributed by atoms with Gasteiger partial charge in [-0.3, -0.25) is 9.59 Å². The maximum Gasteiger partial charge on any atom is 0.302 e. The number of ketones is 1. The predicted octanol–water partition coefficient (Wildman–Crippen LogP) is 0.946. The molecule has 1 spiro atoms. The number of carbonyl (C=O) groups excluding carboxylic acids is 2. The first-order chi connectivity index (χ1) is 13.6. The first-order valence-electron chi connectivity index (χ1n) is 10.7. The predicted molar refractivity (Wildman–Crippen MR) is 100 cm³/mol. The van der Waals surface area contributed by atoms with Crippen LogP contribution in [-0.2, 0) is 19.1 Å². The van der Waals surface area contributed by atoms with Crippen LogP contribution in [0.4, 0.5) is 0 Å². The average molecular weight is 406 g/mol. The molecule has 0 unspecified atom stereocenters. The number of rotatable bonds is 1. The number of aliphatic hydroxyl groups is 3. The van der Waals surface area contributed by atoms with Crippen molar-refractivity contribution in [2.45, 2.75) is 70.6 Å². The third-order valence-electron chi connectivity index (χ3n) is 9.16. The summed E-state index contributed by atoms with van der Waals surface area (Å²) in [4.78, 5) is 25.5. The molecule has 3 N–H and O–H groups in total. The summed E-state index contributed by atoms with van der Waals surface area (Å²) in [6.07, 6.45) is -1.10. The van der Waals surface area contributed by atoms with Crippen molar-refractivity contribution in [1.29, 1.82) is 0 Å². The van der Waals surface area contributed by atoms with Crippen LogP contribution in [0, 0.1) is 34.0 Å². The van der Waals surface area contributed by atoms with Crippen LogP contribution < -0.4 is 0 Å². The van der Waals surface area contributed by atoms with E-state index in [1.54, 1.807) is 0 Å². The van der Waals surface area contributed by atoms with Gasteiger partial charge in [-0.25, -0.2) is 0 Å². The van der Waals surface area contributed by atoms with Crippen LogP contribution in [0.3, 0.4) is 0 Å². The summed E-state index contributed by atoms with van der Waals surface area (Å²) < 4.78 is 11.6. The molecule has 4 aliphatic carbocycles.